The third-order valence-electron chi connectivity index (χ3n) is 2.69. The second kappa shape index (κ2) is 6.01. The Bertz CT molecular complexity index is 567. The molecule has 1 unspecified atom stereocenters. The SMILES string of the molecule is COc1ccc(CS(=O)(=O)C(C)CC(=O)O)c(F)c1. The molecule has 0 saturated heterocycles. The van der Waals surface area contributed by atoms with Gasteiger partial charge in [-0.2, -0.15) is 0 Å². The van der Waals surface area contributed by atoms with Gasteiger partial charge in [-0.15, -0.1) is 0 Å². The fraction of sp³-hybridized carbons (Fsp3) is 0.417. The van der Waals surface area contributed by atoms with Crippen LogP contribution in [0.25, 0.3) is 0 Å². The standard InChI is InChI=1S/C12H15FO5S/c1-8(5-12(14)15)19(16,17)7-9-3-4-10(18-2)6-11(9)13/h3-4,6,8H,5,7H2,1-2H3,(H,14,15). The van der Waals surface area contributed by atoms with E-state index in [1.54, 1.807) is 0 Å². The maximum atomic E-state index is 13.6. The van der Waals surface area contributed by atoms with Crippen LogP contribution in [0, 0.1) is 5.82 Å². The molecule has 1 atom stereocenters. The highest BCUT2D eigenvalue weighted by atomic mass is 32.2. The zero-order valence-electron chi connectivity index (χ0n) is 10.6. The highest BCUT2D eigenvalue weighted by Gasteiger charge is 2.25. The van der Waals surface area contributed by atoms with E-state index in [1.165, 1.54) is 26.2 Å². The molecule has 0 bridgehead atoms. The molecule has 1 N–H and O–H groups in total. The maximum absolute atomic E-state index is 13.6. The van der Waals surface area contributed by atoms with Crippen LogP contribution in [0.4, 0.5) is 4.39 Å². The van der Waals surface area contributed by atoms with Gasteiger partial charge in [-0.3, -0.25) is 4.79 Å². The summed E-state index contributed by atoms with van der Waals surface area (Å²) in [6, 6.07) is 3.86. The zero-order valence-corrected chi connectivity index (χ0v) is 11.4. The quantitative estimate of drug-likeness (QED) is 0.861. The van der Waals surface area contributed by atoms with Crippen LogP contribution in [0.2, 0.25) is 0 Å². The molecule has 0 fully saturated rings. The van der Waals surface area contributed by atoms with Gasteiger partial charge >= 0.3 is 5.97 Å². The molecule has 0 saturated carbocycles. The van der Waals surface area contributed by atoms with Crippen molar-refractivity contribution in [3.63, 3.8) is 0 Å². The first-order chi connectivity index (χ1) is 8.76. The topological polar surface area (TPSA) is 80.7 Å². The molecule has 1 aromatic carbocycles. The van der Waals surface area contributed by atoms with Gasteiger partial charge in [0.2, 0.25) is 0 Å². The number of rotatable bonds is 6. The fourth-order valence-corrected chi connectivity index (χ4v) is 2.85. The second-order valence-corrected chi connectivity index (χ2v) is 6.59. The minimum atomic E-state index is -3.71. The molecule has 0 aromatic heterocycles. The lowest BCUT2D eigenvalue weighted by atomic mass is 10.2. The van der Waals surface area contributed by atoms with Gasteiger partial charge in [0.25, 0.3) is 0 Å². The van der Waals surface area contributed by atoms with Crippen LogP contribution in [0.5, 0.6) is 5.75 Å². The third kappa shape index (κ3) is 4.20. The number of aliphatic carboxylic acids is 1. The van der Waals surface area contributed by atoms with Crippen LogP contribution in [0.15, 0.2) is 18.2 Å². The number of benzene rings is 1. The zero-order chi connectivity index (χ0) is 14.6. The molecular weight excluding hydrogens is 275 g/mol. The van der Waals surface area contributed by atoms with Gasteiger partial charge in [0.05, 0.1) is 24.5 Å². The van der Waals surface area contributed by atoms with Crippen LogP contribution >= 0.6 is 0 Å². The van der Waals surface area contributed by atoms with Crippen molar-refractivity contribution < 1.29 is 27.4 Å². The Morgan fingerprint density at radius 1 is 1.47 bits per heavy atom. The summed E-state index contributed by atoms with van der Waals surface area (Å²) in [7, 11) is -2.34. The third-order valence-corrected chi connectivity index (χ3v) is 4.80. The minimum Gasteiger partial charge on any atom is -0.497 e. The summed E-state index contributed by atoms with van der Waals surface area (Å²) in [4.78, 5) is 10.5. The van der Waals surface area contributed by atoms with E-state index in [4.69, 9.17) is 9.84 Å². The van der Waals surface area contributed by atoms with Crippen LogP contribution in [-0.2, 0) is 20.4 Å². The molecule has 0 radical (unpaired) electrons. The largest absolute Gasteiger partial charge is 0.497 e. The predicted octanol–water partition coefficient (Wildman–Crippen LogP) is 1.61. The van der Waals surface area contributed by atoms with Crippen molar-refractivity contribution in [2.45, 2.75) is 24.3 Å². The minimum absolute atomic E-state index is 0.00182. The van der Waals surface area contributed by atoms with E-state index in [1.807, 2.05) is 0 Å². The van der Waals surface area contributed by atoms with Crippen molar-refractivity contribution in [3.05, 3.63) is 29.6 Å². The molecule has 7 heteroatoms. The average Bonchev–Trinajstić information content (AvgIpc) is 2.30. The lowest BCUT2D eigenvalue weighted by molar-refractivity contribution is -0.136. The Kier molecular flexibility index (Phi) is 4.88. The number of ether oxygens (including phenoxy) is 1. The molecule has 0 spiro atoms. The maximum Gasteiger partial charge on any atom is 0.304 e. The monoisotopic (exact) mass is 290 g/mol. The number of carbonyl (C=O) groups is 1. The van der Waals surface area contributed by atoms with Crippen molar-refractivity contribution in [2.75, 3.05) is 7.11 Å². The molecule has 1 aromatic rings. The van der Waals surface area contributed by atoms with Gasteiger partial charge in [-0.1, -0.05) is 6.07 Å². The van der Waals surface area contributed by atoms with Crippen LogP contribution in [0.3, 0.4) is 0 Å². The van der Waals surface area contributed by atoms with Crippen LogP contribution in [-0.4, -0.2) is 31.9 Å². The average molecular weight is 290 g/mol. The second-order valence-electron chi connectivity index (χ2n) is 4.17. The molecule has 0 amide bonds. The Labute approximate surface area is 110 Å². The van der Waals surface area contributed by atoms with Gasteiger partial charge in [0.1, 0.15) is 11.6 Å². The van der Waals surface area contributed by atoms with Gasteiger partial charge in [0, 0.05) is 11.6 Å². The summed E-state index contributed by atoms with van der Waals surface area (Å²) in [6.07, 6.45) is -0.500. The number of hydrogen-bond acceptors (Lipinski definition) is 4. The predicted molar refractivity (Wildman–Crippen MR) is 67.3 cm³/mol. The van der Waals surface area contributed by atoms with Crippen molar-refractivity contribution >= 4 is 15.8 Å². The first-order valence-corrected chi connectivity index (χ1v) is 7.23. The summed E-state index contributed by atoms with van der Waals surface area (Å²) in [5.41, 5.74) is -0.00182. The first-order valence-electron chi connectivity index (χ1n) is 5.52. The number of hydrogen-bond donors (Lipinski definition) is 1. The fourth-order valence-electron chi connectivity index (χ4n) is 1.50. The van der Waals surface area contributed by atoms with Crippen molar-refractivity contribution in [1.82, 2.24) is 0 Å². The van der Waals surface area contributed by atoms with E-state index in [0.717, 1.165) is 6.07 Å². The van der Waals surface area contributed by atoms with E-state index in [9.17, 15) is 17.6 Å². The van der Waals surface area contributed by atoms with E-state index >= 15 is 0 Å². The highest BCUT2D eigenvalue weighted by molar-refractivity contribution is 7.91. The van der Waals surface area contributed by atoms with E-state index in [2.05, 4.69) is 0 Å². The molecular formula is C12H15FO5S. The number of carboxylic acid groups (broad SMARTS) is 1. The molecule has 106 valence electrons. The van der Waals surface area contributed by atoms with Crippen LogP contribution in [0.1, 0.15) is 18.9 Å². The molecule has 0 aliphatic rings. The van der Waals surface area contributed by atoms with E-state index < -0.39 is 39.0 Å². The number of halogens is 1. The van der Waals surface area contributed by atoms with E-state index in [-0.39, 0.29) is 11.3 Å². The Morgan fingerprint density at radius 2 is 2.11 bits per heavy atom. The molecule has 0 heterocycles. The Hall–Kier alpha value is -1.63. The Morgan fingerprint density at radius 3 is 2.58 bits per heavy atom. The lowest BCUT2D eigenvalue weighted by Crippen LogP contribution is -2.23. The summed E-state index contributed by atoms with van der Waals surface area (Å²) < 4.78 is 42.2. The van der Waals surface area contributed by atoms with Crippen molar-refractivity contribution in [2.24, 2.45) is 0 Å². The number of methoxy groups -OCH3 is 1. The molecule has 19 heavy (non-hydrogen) atoms. The molecule has 1 rings (SSSR count). The molecule has 0 aliphatic carbocycles. The Balaban J connectivity index is 2.92. The lowest BCUT2D eigenvalue weighted by Gasteiger charge is -2.11. The summed E-state index contributed by atoms with van der Waals surface area (Å²) in [6.45, 7) is 1.30. The van der Waals surface area contributed by atoms with Gasteiger partial charge in [0.15, 0.2) is 9.84 Å². The van der Waals surface area contributed by atoms with Gasteiger partial charge < -0.3 is 9.84 Å². The van der Waals surface area contributed by atoms with Crippen molar-refractivity contribution in [3.8, 4) is 5.75 Å². The first kappa shape index (κ1) is 15.4. The van der Waals surface area contributed by atoms with Gasteiger partial charge in [-0.25, -0.2) is 12.8 Å². The number of sulfone groups is 1. The highest BCUT2D eigenvalue weighted by Crippen LogP contribution is 2.20. The van der Waals surface area contributed by atoms with Crippen molar-refractivity contribution in [1.29, 1.82) is 0 Å². The number of carboxylic acids is 1. The van der Waals surface area contributed by atoms with E-state index in [0.29, 0.717) is 0 Å². The van der Waals surface area contributed by atoms with Gasteiger partial charge in [-0.05, 0) is 13.0 Å². The molecule has 5 nitrogen and oxygen atoms in total. The summed E-state index contributed by atoms with van der Waals surface area (Å²) >= 11 is 0. The molecule has 0 aliphatic heterocycles. The normalized spacial score (nSPS) is 13.0. The smallest absolute Gasteiger partial charge is 0.304 e. The summed E-state index contributed by atoms with van der Waals surface area (Å²) in [5, 5.41) is 7.52. The summed E-state index contributed by atoms with van der Waals surface area (Å²) in [5.74, 6) is -2.13. The van der Waals surface area contributed by atoms with Crippen LogP contribution < -0.4 is 4.74 Å².